The quantitative estimate of drug-likeness (QED) is 0.597. The van der Waals surface area contributed by atoms with Gasteiger partial charge in [-0.25, -0.2) is 0 Å². The predicted octanol–water partition coefficient (Wildman–Crippen LogP) is 2.45. The Labute approximate surface area is 63.6 Å². The van der Waals surface area contributed by atoms with Crippen LogP contribution in [0.3, 0.4) is 0 Å². The van der Waals surface area contributed by atoms with Gasteiger partial charge in [-0.15, -0.1) is 0 Å². The first kappa shape index (κ1) is 9.28. The van der Waals surface area contributed by atoms with Crippen molar-refractivity contribution in [3.05, 3.63) is 23.9 Å². The molecular formula is C9H17N. The van der Waals surface area contributed by atoms with Gasteiger partial charge in [0.05, 0.1) is 0 Å². The van der Waals surface area contributed by atoms with Gasteiger partial charge in [0, 0.05) is 5.70 Å². The maximum atomic E-state index is 5.61. The van der Waals surface area contributed by atoms with Gasteiger partial charge in [-0.3, -0.25) is 0 Å². The molecule has 0 bridgehead atoms. The van der Waals surface area contributed by atoms with E-state index in [1.165, 1.54) is 0 Å². The molecule has 0 aliphatic heterocycles. The molecule has 10 heavy (non-hydrogen) atoms. The van der Waals surface area contributed by atoms with Crippen LogP contribution in [0.25, 0.3) is 0 Å². The Bertz CT molecular complexity index is 132. The van der Waals surface area contributed by atoms with E-state index in [1.807, 2.05) is 12.2 Å². The lowest BCUT2D eigenvalue weighted by Gasteiger charge is -1.93. The summed E-state index contributed by atoms with van der Waals surface area (Å²) in [7, 11) is 0. The fraction of sp³-hybridized carbons (Fsp3) is 0.556. The summed E-state index contributed by atoms with van der Waals surface area (Å²) >= 11 is 0. The predicted molar refractivity (Wildman–Crippen MR) is 46.5 cm³/mol. The van der Waals surface area contributed by atoms with E-state index >= 15 is 0 Å². The van der Waals surface area contributed by atoms with Gasteiger partial charge in [0.1, 0.15) is 0 Å². The van der Waals surface area contributed by atoms with E-state index in [4.69, 9.17) is 5.73 Å². The molecule has 1 nitrogen and oxygen atoms in total. The topological polar surface area (TPSA) is 26.0 Å². The first-order chi connectivity index (χ1) is 4.66. The Kier molecular flexibility index (Phi) is 4.73. The van der Waals surface area contributed by atoms with Gasteiger partial charge in [-0.1, -0.05) is 32.9 Å². The van der Waals surface area contributed by atoms with Crippen LogP contribution < -0.4 is 5.73 Å². The number of allylic oxidation sites excluding steroid dienone is 3. The van der Waals surface area contributed by atoms with Crippen molar-refractivity contribution in [1.82, 2.24) is 0 Å². The zero-order chi connectivity index (χ0) is 7.98. The standard InChI is InChI=1S/C9H17N/c1-4-5-9(10)7-6-8(2)3/h5-8H,4,10H2,1-3H3/b7-6-,9-5+. The van der Waals surface area contributed by atoms with Crippen molar-refractivity contribution in [2.75, 3.05) is 0 Å². The van der Waals surface area contributed by atoms with E-state index in [0.29, 0.717) is 5.92 Å². The molecule has 0 aromatic heterocycles. The van der Waals surface area contributed by atoms with Crippen molar-refractivity contribution in [3.8, 4) is 0 Å². The van der Waals surface area contributed by atoms with Gasteiger partial charge in [0.25, 0.3) is 0 Å². The van der Waals surface area contributed by atoms with Crippen LogP contribution in [0.1, 0.15) is 27.2 Å². The molecule has 0 aliphatic rings. The fourth-order valence-corrected chi connectivity index (χ4v) is 0.607. The second kappa shape index (κ2) is 5.10. The van der Waals surface area contributed by atoms with Gasteiger partial charge < -0.3 is 5.73 Å². The second-order valence-electron chi connectivity index (χ2n) is 2.72. The minimum atomic E-state index is 0.587. The normalized spacial score (nSPS) is 13.4. The van der Waals surface area contributed by atoms with Crippen LogP contribution in [-0.2, 0) is 0 Å². The van der Waals surface area contributed by atoms with E-state index in [9.17, 15) is 0 Å². The summed E-state index contributed by atoms with van der Waals surface area (Å²) in [6.07, 6.45) is 7.09. The molecule has 0 radical (unpaired) electrons. The molecule has 58 valence electrons. The Morgan fingerprint density at radius 3 is 2.50 bits per heavy atom. The monoisotopic (exact) mass is 139 g/mol. The molecule has 0 heterocycles. The number of nitrogens with two attached hydrogens (primary N) is 1. The highest BCUT2D eigenvalue weighted by Crippen LogP contribution is 1.97. The fourth-order valence-electron chi connectivity index (χ4n) is 0.607. The Morgan fingerprint density at radius 1 is 1.50 bits per heavy atom. The number of rotatable bonds is 3. The summed E-state index contributed by atoms with van der Waals surface area (Å²) < 4.78 is 0. The average molecular weight is 139 g/mol. The lowest BCUT2D eigenvalue weighted by Crippen LogP contribution is -1.92. The Morgan fingerprint density at radius 2 is 2.10 bits per heavy atom. The molecule has 0 rings (SSSR count). The van der Waals surface area contributed by atoms with Crippen molar-refractivity contribution in [3.63, 3.8) is 0 Å². The third-order valence-electron chi connectivity index (χ3n) is 1.11. The van der Waals surface area contributed by atoms with Gasteiger partial charge >= 0.3 is 0 Å². The lowest BCUT2D eigenvalue weighted by molar-refractivity contribution is 0.830. The van der Waals surface area contributed by atoms with Gasteiger partial charge in [-0.05, 0) is 18.4 Å². The van der Waals surface area contributed by atoms with Crippen LogP contribution in [0.2, 0.25) is 0 Å². The van der Waals surface area contributed by atoms with E-state index in [1.54, 1.807) is 0 Å². The van der Waals surface area contributed by atoms with Crippen molar-refractivity contribution in [1.29, 1.82) is 0 Å². The zero-order valence-electron chi connectivity index (χ0n) is 7.09. The van der Waals surface area contributed by atoms with Crippen LogP contribution in [0.15, 0.2) is 23.9 Å². The molecule has 0 aromatic carbocycles. The molecule has 1 heteroatoms. The van der Waals surface area contributed by atoms with Crippen molar-refractivity contribution < 1.29 is 0 Å². The van der Waals surface area contributed by atoms with Crippen molar-refractivity contribution in [2.24, 2.45) is 11.7 Å². The van der Waals surface area contributed by atoms with Crippen LogP contribution in [0.5, 0.6) is 0 Å². The summed E-state index contributed by atoms with van der Waals surface area (Å²) in [5.74, 6) is 0.587. The third-order valence-corrected chi connectivity index (χ3v) is 1.11. The summed E-state index contributed by atoms with van der Waals surface area (Å²) in [5, 5.41) is 0. The molecular weight excluding hydrogens is 122 g/mol. The van der Waals surface area contributed by atoms with Gasteiger partial charge in [-0.2, -0.15) is 0 Å². The van der Waals surface area contributed by atoms with Crippen LogP contribution in [-0.4, -0.2) is 0 Å². The summed E-state index contributed by atoms with van der Waals surface area (Å²) in [6, 6.07) is 0. The largest absolute Gasteiger partial charge is 0.399 e. The molecule has 0 amide bonds. The minimum absolute atomic E-state index is 0.587. The first-order valence-electron chi connectivity index (χ1n) is 3.80. The molecule has 0 atom stereocenters. The van der Waals surface area contributed by atoms with Crippen molar-refractivity contribution >= 4 is 0 Å². The second-order valence-corrected chi connectivity index (χ2v) is 2.72. The summed E-state index contributed by atoms with van der Waals surface area (Å²) in [5.41, 5.74) is 6.48. The maximum absolute atomic E-state index is 5.61. The molecule has 0 spiro atoms. The van der Waals surface area contributed by atoms with E-state index in [0.717, 1.165) is 12.1 Å². The lowest BCUT2D eigenvalue weighted by atomic mass is 10.2. The molecule has 0 saturated heterocycles. The maximum Gasteiger partial charge on any atom is 0.0270 e. The van der Waals surface area contributed by atoms with E-state index in [-0.39, 0.29) is 0 Å². The van der Waals surface area contributed by atoms with Gasteiger partial charge in [0.15, 0.2) is 0 Å². The Balaban J connectivity index is 3.77. The molecule has 0 unspecified atom stereocenters. The van der Waals surface area contributed by atoms with E-state index in [2.05, 4.69) is 26.8 Å². The first-order valence-corrected chi connectivity index (χ1v) is 3.80. The molecule has 0 fully saturated rings. The molecule has 0 aromatic rings. The third kappa shape index (κ3) is 5.42. The molecule has 0 aliphatic carbocycles. The smallest absolute Gasteiger partial charge is 0.0270 e. The zero-order valence-corrected chi connectivity index (χ0v) is 7.09. The van der Waals surface area contributed by atoms with Crippen molar-refractivity contribution in [2.45, 2.75) is 27.2 Å². The molecule has 0 saturated carbocycles. The SMILES string of the molecule is CC/C=C(N)\C=C/C(C)C. The summed E-state index contributed by atoms with van der Waals surface area (Å²) in [6.45, 7) is 6.35. The number of hydrogen-bond donors (Lipinski definition) is 1. The highest BCUT2D eigenvalue weighted by atomic mass is 14.5. The van der Waals surface area contributed by atoms with Crippen LogP contribution >= 0.6 is 0 Å². The Hall–Kier alpha value is -0.720. The van der Waals surface area contributed by atoms with E-state index < -0.39 is 0 Å². The molecule has 2 N–H and O–H groups in total. The summed E-state index contributed by atoms with van der Waals surface area (Å²) in [4.78, 5) is 0. The van der Waals surface area contributed by atoms with Crippen LogP contribution in [0.4, 0.5) is 0 Å². The average Bonchev–Trinajstić information content (AvgIpc) is 1.85. The number of hydrogen-bond acceptors (Lipinski definition) is 1. The van der Waals surface area contributed by atoms with Crippen LogP contribution in [0, 0.1) is 5.92 Å². The minimum Gasteiger partial charge on any atom is -0.399 e. The highest BCUT2D eigenvalue weighted by molar-refractivity contribution is 5.14. The van der Waals surface area contributed by atoms with Gasteiger partial charge in [0.2, 0.25) is 0 Å². The highest BCUT2D eigenvalue weighted by Gasteiger charge is 1.83.